The summed E-state index contributed by atoms with van der Waals surface area (Å²) in [7, 11) is 0. The summed E-state index contributed by atoms with van der Waals surface area (Å²) in [4.78, 5) is 17.3. The van der Waals surface area contributed by atoms with Gasteiger partial charge in [0.2, 0.25) is 0 Å². The lowest BCUT2D eigenvalue weighted by Crippen LogP contribution is -2.22. The molecule has 1 aliphatic rings. The first kappa shape index (κ1) is 13.5. The first-order valence-electron chi connectivity index (χ1n) is 7.16. The van der Waals surface area contributed by atoms with E-state index in [1.165, 1.54) is 10.6 Å². The van der Waals surface area contributed by atoms with Gasteiger partial charge in [-0.25, -0.2) is 13.9 Å². The van der Waals surface area contributed by atoms with E-state index in [0.29, 0.717) is 23.5 Å². The molecular formula is C16H13ClFN3O. The molecule has 1 saturated carbocycles. The van der Waals surface area contributed by atoms with Gasteiger partial charge in [0, 0.05) is 30.2 Å². The molecule has 1 aliphatic carbocycles. The highest BCUT2D eigenvalue weighted by molar-refractivity contribution is 6.30. The van der Waals surface area contributed by atoms with Gasteiger partial charge in [0.05, 0.1) is 10.7 Å². The minimum atomic E-state index is -0.456. The number of benzene rings is 1. The van der Waals surface area contributed by atoms with Crippen molar-refractivity contribution >= 4 is 17.2 Å². The van der Waals surface area contributed by atoms with Gasteiger partial charge in [0.1, 0.15) is 5.82 Å². The molecule has 1 fully saturated rings. The maximum atomic E-state index is 13.3. The molecule has 2 aromatic heterocycles. The number of hydrogen-bond acceptors (Lipinski definition) is 2. The Labute approximate surface area is 130 Å². The molecule has 0 spiro atoms. The Balaban J connectivity index is 1.85. The van der Waals surface area contributed by atoms with Crippen molar-refractivity contribution < 1.29 is 4.39 Å². The average Bonchev–Trinajstić information content (AvgIpc) is 3.23. The lowest BCUT2D eigenvalue weighted by Gasteiger charge is -2.09. The molecular weight excluding hydrogens is 305 g/mol. The van der Waals surface area contributed by atoms with Crippen LogP contribution in [-0.4, -0.2) is 14.6 Å². The summed E-state index contributed by atoms with van der Waals surface area (Å²) in [6, 6.07) is 6.33. The second kappa shape index (κ2) is 4.95. The summed E-state index contributed by atoms with van der Waals surface area (Å²) in [5, 5.41) is 2.95. The molecule has 2 heterocycles. The predicted octanol–water partition coefficient (Wildman–Crippen LogP) is 3.28. The number of rotatable bonds is 3. The Morgan fingerprint density at radius 1 is 1.36 bits per heavy atom. The highest BCUT2D eigenvalue weighted by atomic mass is 35.5. The van der Waals surface area contributed by atoms with E-state index in [1.54, 1.807) is 24.4 Å². The fourth-order valence-corrected chi connectivity index (χ4v) is 2.93. The van der Waals surface area contributed by atoms with Gasteiger partial charge in [-0.15, -0.1) is 0 Å². The molecule has 1 aromatic carbocycles. The quantitative estimate of drug-likeness (QED) is 0.806. The highest BCUT2D eigenvalue weighted by Crippen LogP contribution is 2.40. The van der Waals surface area contributed by atoms with Crippen LogP contribution in [0.4, 0.5) is 4.39 Å². The predicted molar refractivity (Wildman–Crippen MR) is 82.0 cm³/mol. The van der Waals surface area contributed by atoms with Crippen LogP contribution >= 0.6 is 11.6 Å². The summed E-state index contributed by atoms with van der Waals surface area (Å²) < 4.78 is 14.7. The smallest absolute Gasteiger partial charge is 0.276 e. The molecule has 0 radical (unpaired) electrons. The van der Waals surface area contributed by atoms with E-state index in [4.69, 9.17) is 11.6 Å². The molecule has 0 saturated heterocycles. The molecule has 0 atom stereocenters. The van der Waals surface area contributed by atoms with Crippen LogP contribution in [0, 0.1) is 5.82 Å². The van der Waals surface area contributed by atoms with E-state index in [1.807, 2.05) is 0 Å². The number of hydrogen-bond donors (Lipinski definition) is 1. The first-order chi connectivity index (χ1) is 10.6. The number of fused-ring (bicyclic) bond motifs is 1. The van der Waals surface area contributed by atoms with E-state index in [0.717, 1.165) is 24.1 Å². The third kappa shape index (κ3) is 2.22. The number of nitrogens with zero attached hydrogens (tertiary/aromatic N) is 2. The summed E-state index contributed by atoms with van der Waals surface area (Å²) in [5.41, 5.74) is 2.86. The highest BCUT2D eigenvalue weighted by Gasteiger charge is 2.30. The van der Waals surface area contributed by atoms with E-state index in [9.17, 15) is 9.18 Å². The zero-order valence-electron chi connectivity index (χ0n) is 11.6. The van der Waals surface area contributed by atoms with Crippen molar-refractivity contribution in [1.29, 1.82) is 0 Å². The van der Waals surface area contributed by atoms with Crippen LogP contribution in [0.25, 0.3) is 5.65 Å². The van der Waals surface area contributed by atoms with Crippen LogP contribution in [0.5, 0.6) is 0 Å². The van der Waals surface area contributed by atoms with Gasteiger partial charge in [-0.05, 0) is 30.5 Å². The normalized spacial score (nSPS) is 14.6. The first-order valence-corrected chi connectivity index (χ1v) is 7.54. The van der Waals surface area contributed by atoms with Crippen molar-refractivity contribution in [2.75, 3.05) is 0 Å². The molecule has 112 valence electrons. The molecule has 3 aromatic rings. The molecule has 4 nitrogen and oxygen atoms in total. The van der Waals surface area contributed by atoms with Crippen molar-refractivity contribution in [3.8, 4) is 0 Å². The van der Waals surface area contributed by atoms with Crippen LogP contribution < -0.4 is 5.56 Å². The van der Waals surface area contributed by atoms with Gasteiger partial charge in [-0.1, -0.05) is 17.7 Å². The molecule has 1 N–H and O–H groups in total. The second-order valence-electron chi connectivity index (χ2n) is 5.64. The number of nitrogens with one attached hydrogen (secondary N) is 1. The maximum Gasteiger partial charge on any atom is 0.276 e. The van der Waals surface area contributed by atoms with E-state index in [2.05, 4.69) is 10.1 Å². The fraction of sp³-hybridized carbons (Fsp3) is 0.250. The minimum absolute atomic E-state index is 0.0690. The number of aromatic nitrogens is 3. The van der Waals surface area contributed by atoms with Gasteiger partial charge in [-0.3, -0.25) is 9.89 Å². The van der Waals surface area contributed by atoms with E-state index < -0.39 is 5.82 Å². The Bertz CT molecular complexity index is 927. The van der Waals surface area contributed by atoms with Crippen LogP contribution in [0.1, 0.15) is 35.6 Å². The number of halogens is 2. The summed E-state index contributed by atoms with van der Waals surface area (Å²) in [6.07, 6.45) is 4.22. The molecule has 0 unspecified atom stereocenters. The van der Waals surface area contributed by atoms with Crippen LogP contribution in [-0.2, 0) is 6.42 Å². The Hall–Kier alpha value is -2.14. The molecule has 6 heteroatoms. The summed E-state index contributed by atoms with van der Waals surface area (Å²) in [6.45, 7) is 0. The van der Waals surface area contributed by atoms with Crippen LogP contribution in [0.2, 0.25) is 5.02 Å². The van der Waals surface area contributed by atoms with E-state index in [-0.39, 0.29) is 10.6 Å². The van der Waals surface area contributed by atoms with Gasteiger partial charge < -0.3 is 0 Å². The number of aromatic amines is 1. The van der Waals surface area contributed by atoms with Gasteiger partial charge in [0.25, 0.3) is 5.56 Å². The van der Waals surface area contributed by atoms with Crippen molar-refractivity contribution in [2.45, 2.75) is 25.2 Å². The van der Waals surface area contributed by atoms with Gasteiger partial charge in [-0.2, -0.15) is 0 Å². The minimum Gasteiger partial charge on any atom is -0.297 e. The van der Waals surface area contributed by atoms with Crippen LogP contribution in [0.15, 0.2) is 35.3 Å². The largest absolute Gasteiger partial charge is 0.297 e. The van der Waals surface area contributed by atoms with Crippen molar-refractivity contribution in [1.82, 2.24) is 14.6 Å². The SMILES string of the molecule is O=c1c(Cc2ccc(F)c(Cl)c2)c(C2CC2)nc2cc[nH]n12. The fourth-order valence-electron chi connectivity index (χ4n) is 2.73. The third-order valence-electron chi connectivity index (χ3n) is 4.00. The lowest BCUT2D eigenvalue weighted by atomic mass is 10.0. The number of H-pyrrole nitrogens is 1. The average molecular weight is 318 g/mol. The zero-order valence-corrected chi connectivity index (χ0v) is 12.4. The van der Waals surface area contributed by atoms with Crippen molar-refractivity contribution in [2.24, 2.45) is 0 Å². The van der Waals surface area contributed by atoms with Gasteiger partial charge >= 0.3 is 0 Å². The zero-order chi connectivity index (χ0) is 15.3. The summed E-state index contributed by atoms with van der Waals surface area (Å²) in [5.74, 6) is -0.0963. The Morgan fingerprint density at radius 2 is 2.18 bits per heavy atom. The molecule has 0 bridgehead atoms. The van der Waals surface area contributed by atoms with Crippen molar-refractivity contribution in [3.05, 3.63) is 68.5 Å². The maximum absolute atomic E-state index is 13.3. The second-order valence-corrected chi connectivity index (χ2v) is 6.04. The molecule has 0 aliphatic heterocycles. The monoisotopic (exact) mass is 317 g/mol. The summed E-state index contributed by atoms with van der Waals surface area (Å²) >= 11 is 5.83. The Kier molecular flexibility index (Phi) is 3.04. The third-order valence-corrected chi connectivity index (χ3v) is 4.29. The molecule has 0 amide bonds. The molecule has 4 rings (SSSR count). The standard InChI is InChI=1S/C16H13ClFN3O/c17-12-8-9(1-4-13(12)18)7-11-15(10-2-3-10)20-14-5-6-19-21(14)16(11)22/h1,4-6,8,10,19H,2-3,7H2. The van der Waals surface area contributed by atoms with Crippen molar-refractivity contribution in [3.63, 3.8) is 0 Å². The Morgan fingerprint density at radius 3 is 2.91 bits per heavy atom. The van der Waals surface area contributed by atoms with Gasteiger partial charge in [0.15, 0.2) is 5.65 Å². The topological polar surface area (TPSA) is 50.2 Å². The molecule has 22 heavy (non-hydrogen) atoms. The lowest BCUT2D eigenvalue weighted by molar-refractivity contribution is 0.627. The van der Waals surface area contributed by atoms with Crippen LogP contribution in [0.3, 0.4) is 0 Å². The van der Waals surface area contributed by atoms with E-state index >= 15 is 0 Å².